The van der Waals surface area contributed by atoms with Crippen LogP contribution in [0.1, 0.15) is 32.8 Å². The number of ether oxygens (including phenoxy) is 1. The molecule has 1 aromatic rings. The molecular weight excluding hydrogens is 394 g/mol. The molecule has 0 saturated carbocycles. The first kappa shape index (κ1) is 24.4. The number of carbonyl (C=O) groups excluding carboxylic acids is 1. The van der Waals surface area contributed by atoms with Gasteiger partial charge < -0.3 is 9.16 Å². The van der Waals surface area contributed by atoms with Crippen molar-refractivity contribution in [2.45, 2.75) is 57.1 Å². The van der Waals surface area contributed by atoms with Crippen LogP contribution in [0.25, 0.3) is 0 Å². The summed E-state index contributed by atoms with van der Waals surface area (Å²) >= 11 is 0. The molecule has 0 bridgehead atoms. The van der Waals surface area contributed by atoms with E-state index in [1.807, 2.05) is 6.92 Å². The number of sulfonamides is 1. The number of hydrogen-bond acceptors (Lipinski definition) is 5. The van der Waals surface area contributed by atoms with Gasteiger partial charge in [0.25, 0.3) is 10.0 Å². The summed E-state index contributed by atoms with van der Waals surface area (Å²) in [6, 6.07) is 6.57. The standard InChI is InChI=1S/C20H33NO5SSi/c1-16-9-11-18(12-10-16)27(23,24)21(5)15-17(19(22)25-6)13-14-26-28(7,8)20(2,3)4/h9-12,15H,13-14H2,1-8H3/b17-15-. The molecule has 0 N–H and O–H groups in total. The van der Waals surface area contributed by atoms with E-state index in [1.165, 1.54) is 20.4 Å². The molecule has 0 spiro atoms. The van der Waals surface area contributed by atoms with Crippen LogP contribution in [0.2, 0.25) is 18.1 Å². The van der Waals surface area contributed by atoms with Gasteiger partial charge in [0.2, 0.25) is 0 Å². The maximum atomic E-state index is 12.8. The van der Waals surface area contributed by atoms with Crippen molar-refractivity contribution in [1.29, 1.82) is 0 Å². The fraction of sp³-hybridized carbons (Fsp3) is 0.550. The highest BCUT2D eigenvalue weighted by atomic mass is 32.2. The Kier molecular flexibility index (Phi) is 8.05. The van der Waals surface area contributed by atoms with Gasteiger partial charge in [0, 0.05) is 26.3 Å². The number of benzene rings is 1. The number of methoxy groups -OCH3 is 1. The number of aryl methyl sites for hydroxylation is 1. The molecule has 158 valence electrons. The first-order valence-electron chi connectivity index (χ1n) is 9.20. The van der Waals surface area contributed by atoms with Crippen molar-refractivity contribution in [3.63, 3.8) is 0 Å². The third kappa shape index (κ3) is 6.18. The second kappa shape index (κ2) is 9.24. The minimum Gasteiger partial charge on any atom is -0.466 e. The van der Waals surface area contributed by atoms with Crippen LogP contribution in [-0.2, 0) is 24.0 Å². The van der Waals surface area contributed by atoms with Crippen molar-refractivity contribution in [2.75, 3.05) is 20.8 Å². The summed E-state index contributed by atoms with van der Waals surface area (Å²) in [5.41, 5.74) is 1.22. The first-order valence-corrected chi connectivity index (χ1v) is 13.5. The van der Waals surface area contributed by atoms with Crippen molar-refractivity contribution in [3.8, 4) is 0 Å². The fourth-order valence-corrected chi connectivity index (χ4v) is 4.27. The Morgan fingerprint density at radius 2 is 1.71 bits per heavy atom. The van der Waals surface area contributed by atoms with Gasteiger partial charge in [-0.2, -0.15) is 0 Å². The lowest BCUT2D eigenvalue weighted by Crippen LogP contribution is -2.41. The zero-order chi connectivity index (χ0) is 21.8. The van der Waals surface area contributed by atoms with E-state index >= 15 is 0 Å². The summed E-state index contributed by atoms with van der Waals surface area (Å²) in [7, 11) is -3.03. The highest BCUT2D eigenvalue weighted by Gasteiger charge is 2.37. The molecule has 0 heterocycles. The van der Waals surface area contributed by atoms with Crippen molar-refractivity contribution < 1.29 is 22.4 Å². The average Bonchev–Trinajstić information content (AvgIpc) is 2.59. The maximum absolute atomic E-state index is 12.8. The van der Waals surface area contributed by atoms with Crippen LogP contribution in [-0.4, -0.2) is 47.8 Å². The normalized spacial score (nSPS) is 13.4. The number of rotatable bonds is 8. The van der Waals surface area contributed by atoms with Gasteiger partial charge in [0.05, 0.1) is 17.6 Å². The third-order valence-corrected chi connectivity index (χ3v) is 11.4. The number of nitrogens with zero attached hydrogens (tertiary/aromatic N) is 1. The first-order chi connectivity index (χ1) is 12.7. The molecule has 8 heteroatoms. The predicted molar refractivity (Wildman–Crippen MR) is 114 cm³/mol. The lowest BCUT2D eigenvalue weighted by atomic mass is 10.2. The summed E-state index contributed by atoms with van der Waals surface area (Å²) in [5.74, 6) is -0.565. The second-order valence-corrected chi connectivity index (χ2v) is 15.1. The van der Waals surface area contributed by atoms with Gasteiger partial charge in [-0.25, -0.2) is 13.2 Å². The van der Waals surface area contributed by atoms with E-state index in [0.717, 1.165) is 9.87 Å². The molecule has 0 aliphatic heterocycles. The summed E-state index contributed by atoms with van der Waals surface area (Å²) in [5, 5.41) is 0.0493. The highest BCUT2D eigenvalue weighted by molar-refractivity contribution is 7.89. The average molecular weight is 428 g/mol. The minimum atomic E-state index is -3.75. The molecule has 0 fully saturated rings. The Morgan fingerprint density at radius 1 is 1.18 bits per heavy atom. The van der Waals surface area contributed by atoms with Crippen LogP contribution in [0.3, 0.4) is 0 Å². The Hall–Kier alpha value is -1.64. The van der Waals surface area contributed by atoms with E-state index in [9.17, 15) is 13.2 Å². The zero-order valence-electron chi connectivity index (χ0n) is 18.2. The van der Waals surface area contributed by atoms with Crippen LogP contribution in [0.5, 0.6) is 0 Å². The molecule has 0 atom stereocenters. The topological polar surface area (TPSA) is 72.9 Å². The largest absolute Gasteiger partial charge is 0.466 e. The van der Waals surface area contributed by atoms with Gasteiger partial charge in [-0.1, -0.05) is 38.5 Å². The molecule has 0 radical (unpaired) electrons. The Bertz CT molecular complexity index is 808. The van der Waals surface area contributed by atoms with E-state index in [2.05, 4.69) is 33.9 Å². The Labute approximate surface area is 170 Å². The number of hydrogen-bond donors (Lipinski definition) is 0. The maximum Gasteiger partial charge on any atom is 0.335 e. The summed E-state index contributed by atoms with van der Waals surface area (Å²) < 4.78 is 37.5. The SMILES string of the molecule is COC(=O)/C(=C\N(C)S(=O)(=O)c1ccc(C)cc1)CCO[Si](C)(C)C(C)(C)C. The van der Waals surface area contributed by atoms with E-state index < -0.39 is 24.3 Å². The van der Waals surface area contributed by atoms with Gasteiger partial charge in [-0.15, -0.1) is 0 Å². The molecule has 6 nitrogen and oxygen atoms in total. The molecular formula is C20H33NO5SSi. The zero-order valence-corrected chi connectivity index (χ0v) is 20.0. The van der Waals surface area contributed by atoms with Crippen molar-refractivity contribution >= 4 is 24.3 Å². The molecule has 0 amide bonds. The van der Waals surface area contributed by atoms with Crippen LogP contribution in [0.4, 0.5) is 0 Å². The van der Waals surface area contributed by atoms with Crippen LogP contribution in [0, 0.1) is 6.92 Å². The summed E-state index contributed by atoms with van der Waals surface area (Å²) in [6.07, 6.45) is 1.59. The molecule has 0 aromatic heterocycles. The summed E-state index contributed by atoms with van der Waals surface area (Å²) in [4.78, 5) is 12.3. The third-order valence-electron chi connectivity index (χ3n) is 5.12. The fourth-order valence-electron chi connectivity index (χ4n) is 2.15. The van der Waals surface area contributed by atoms with Gasteiger partial charge in [-0.3, -0.25) is 4.31 Å². The number of esters is 1. The predicted octanol–water partition coefficient (Wildman–Crippen LogP) is 4.08. The van der Waals surface area contributed by atoms with Crippen molar-refractivity contribution in [2.24, 2.45) is 0 Å². The molecule has 1 aromatic carbocycles. The van der Waals surface area contributed by atoms with Crippen molar-refractivity contribution in [1.82, 2.24) is 4.31 Å². The molecule has 0 saturated heterocycles. The Balaban J connectivity index is 3.01. The minimum absolute atomic E-state index is 0.0493. The van der Waals surface area contributed by atoms with Crippen LogP contribution >= 0.6 is 0 Å². The molecule has 0 unspecified atom stereocenters. The van der Waals surface area contributed by atoms with E-state index in [1.54, 1.807) is 24.3 Å². The van der Waals surface area contributed by atoms with E-state index in [4.69, 9.17) is 9.16 Å². The molecule has 28 heavy (non-hydrogen) atoms. The second-order valence-electron chi connectivity index (χ2n) is 8.34. The monoisotopic (exact) mass is 427 g/mol. The quantitative estimate of drug-likeness (QED) is 0.355. The van der Waals surface area contributed by atoms with Gasteiger partial charge in [0.15, 0.2) is 8.32 Å². The van der Waals surface area contributed by atoms with Gasteiger partial charge in [0.1, 0.15) is 0 Å². The lowest BCUT2D eigenvalue weighted by molar-refractivity contribution is -0.136. The van der Waals surface area contributed by atoms with Gasteiger partial charge >= 0.3 is 5.97 Å². The van der Waals surface area contributed by atoms with E-state index in [0.29, 0.717) is 6.61 Å². The Morgan fingerprint density at radius 3 is 2.18 bits per heavy atom. The van der Waals surface area contributed by atoms with E-state index in [-0.39, 0.29) is 21.9 Å². The lowest BCUT2D eigenvalue weighted by Gasteiger charge is -2.36. The van der Waals surface area contributed by atoms with Gasteiger partial charge in [-0.05, 0) is 37.2 Å². The van der Waals surface area contributed by atoms with Crippen molar-refractivity contribution in [3.05, 3.63) is 41.6 Å². The number of carbonyl (C=O) groups is 1. The van der Waals surface area contributed by atoms with Crippen LogP contribution < -0.4 is 0 Å². The molecule has 1 rings (SSSR count). The highest BCUT2D eigenvalue weighted by Crippen LogP contribution is 2.36. The van der Waals surface area contributed by atoms with Crippen LogP contribution in [0.15, 0.2) is 40.9 Å². The molecule has 0 aliphatic carbocycles. The summed E-state index contributed by atoms with van der Waals surface area (Å²) in [6.45, 7) is 12.9. The smallest absolute Gasteiger partial charge is 0.335 e. The molecule has 0 aliphatic rings.